The average molecular weight is 557 g/mol. The Kier molecular flexibility index (Phi) is 6.95. The van der Waals surface area contributed by atoms with Crippen molar-refractivity contribution in [3.63, 3.8) is 0 Å². The van der Waals surface area contributed by atoms with Crippen LogP contribution < -0.4 is 32.5 Å². The number of rotatable bonds is 9. The van der Waals surface area contributed by atoms with Gasteiger partial charge < -0.3 is 26.8 Å². The van der Waals surface area contributed by atoms with E-state index in [0.29, 0.717) is 11.1 Å². The molecule has 5 rings (SSSR count). The lowest BCUT2D eigenvalue weighted by Gasteiger charge is -2.13. The van der Waals surface area contributed by atoms with Gasteiger partial charge in [-0.3, -0.25) is 19.2 Å². The van der Waals surface area contributed by atoms with Gasteiger partial charge in [-0.1, -0.05) is 18.2 Å². The first kappa shape index (κ1) is 26.7. The number of nitrogens with one attached hydrogen (secondary N) is 3. The number of carboxylic acids is 1. The second-order valence-electron chi connectivity index (χ2n) is 8.88. The molecule has 0 aliphatic carbocycles. The van der Waals surface area contributed by atoms with Crippen LogP contribution in [0.25, 0.3) is 5.65 Å². The molecule has 2 heterocycles. The highest BCUT2D eigenvalue weighted by Crippen LogP contribution is 2.22. The van der Waals surface area contributed by atoms with E-state index in [1.807, 2.05) is 0 Å². The fourth-order valence-electron chi connectivity index (χ4n) is 3.95. The first-order valence-electron chi connectivity index (χ1n) is 12.0. The molecule has 0 bridgehead atoms. The van der Waals surface area contributed by atoms with Crippen LogP contribution in [0, 0.1) is 5.82 Å². The predicted octanol–water partition coefficient (Wildman–Crippen LogP) is 1.35. The van der Waals surface area contributed by atoms with Crippen molar-refractivity contribution < 1.29 is 23.9 Å². The summed E-state index contributed by atoms with van der Waals surface area (Å²) in [5, 5.41) is 21.0. The molecule has 0 radical (unpaired) electrons. The molecule has 2 aromatic heterocycles. The largest absolute Gasteiger partial charge is 0.478 e. The summed E-state index contributed by atoms with van der Waals surface area (Å²) >= 11 is 0. The maximum absolute atomic E-state index is 14.3. The first-order valence-corrected chi connectivity index (χ1v) is 12.0. The minimum Gasteiger partial charge on any atom is -0.478 e. The van der Waals surface area contributed by atoms with E-state index in [4.69, 9.17) is 10.8 Å². The van der Waals surface area contributed by atoms with Gasteiger partial charge in [0, 0.05) is 25.2 Å². The van der Waals surface area contributed by atoms with Crippen LogP contribution in [0.1, 0.15) is 42.5 Å². The lowest BCUT2D eigenvalue weighted by Crippen LogP contribution is -2.36. The highest BCUT2D eigenvalue weighted by Gasteiger charge is 2.20. The molecule has 3 aromatic carbocycles. The number of anilines is 3. The highest BCUT2D eigenvalue weighted by molar-refractivity contribution is 5.98. The highest BCUT2D eigenvalue weighted by atomic mass is 19.1. The third kappa shape index (κ3) is 5.34. The predicted molar refractivity (Wildman–Crippen MR) is 144 cm³/mol. The van der Waals surface area contributed by atoms with Crippen molar-refractivity contribution >= 4 is 40.5 Å². The molecule has 0 aliphatic heterocycles. The molecule has 0 unspecified atom stereocenters. The molecule has 0 saturated heterocycles. The topological polar surface area (TPSA) is 198 Å². The summed E-state index contributed by atoms with van der Waals surface area (Å²) < 4.78 is 15.5. The van der Waals surface area contributed by atoms with Crippen LogP contribution in [0.3, 0.4) is 0 Å². The number of amides is 2. The van der Waals surface area contributed by atoms with Crippen molar-refractivity contribution in [3.8, 4) is 0 Å². The maximum atomic E-state index is 14.3. The molecule has 0 spiro atoms. The van der Waals surface area contributed by atoms with Crippen LogP contribution in [-0.4, -0.2) is 37.5 Å². The molecule has 6 N–H and O–H groups in total. The zero-order chi connectivity index (χ0) is 29.3. The third-order valence-corrected chi connectivity index (χ3v) is 6.17. The van der Waals surface area contributed by atoms with Crippen molar-refractivity contribution in [3.05, 3.63) is 115 Å². The summed E-state index contributed by atoms with van der Waals surface area (Å²) in [7, 11) is 0. The molecule has 206 valence electrons. The second kappa shape index (κ2) is 10.7. The molecule has 14 heteroatoms. The number of nitrogens with zero attached hydrogens (tertiary/aromatic N) is 3. The molecular weight excluding hydrogens is 537 g/mol. The van der Waals surface area contributed by atoms with Crippen LogP contribution in [-0.2, 0) is 13.1 Å². The van der Waals surface area contributed by atoms with Gasteiger partial charge in [0.1, 0.15) is 28.6 Å². The molecule has 0 aliphatic rings. The van der Waals surface area contributed by atoms with E-state index in [9.17, 15) is 28.4 Å². The van der Waals surface area contributed by atoms with Gasteiger partial charge in [-0.15, -0.1) is 0 Å². The zero-order valence-corrected chi connectivity index (χ0v) is 21.0. The third-order valence-electron chi connectivity index (χ3n) is 6.17. The Balaban J connectivity index is 1.29. The Bertz CT molecular complexity index is 1910. The number of nitrogens with two attached hydrogens (primary N) is 1. The van der Waals surface area contributed by atoms with E-state index in [-0.39, 0.29) is 52.8 Å². The normalized spacial score (nSPS) is 11.0. The monoisotopic (exact) mass is 557 g/mol. The van der Waals surface area contributed by atoms with E-state index < -0.39 is 34.5 Å². The number of aromatic carboxylic acids is 1. The minimum absolute atomic E-state index is 0.00734. The number of halogens is 1. The summed E-state index contributed by atoms with van der Waals surface area (Å²) in [4.78, 5) is 64.2. The lowest BCUT2D eigenvalue weighted by atomic mass is 10.1. The van der Waals surface area contributed by atoms with Gasteiger partial charge in [0.15, 0.2) is 5.65 Å². The van der Waals surface area contributed by atoms with E-state index in [1.54, 1.807) is 12.1 Å². The maximum Gasteiger partial charge on any atom is 0.335 e. The van der Waals surface area contributed by atoms with E-state index >= 15 is 0 Å². The quantitative estimate of drug-likeness (QED) is 0.165. The summed E-state index contributed by atoms with van der Waals surface area (Å²) in [6, 6.07) is 12.7. The molecule has 0 atom stereocenters. The van der Waals surface area contributed by atoms with Crippen molar-refractivity contribution in [2.45, 2.75) is 13.1 Å². The van der Waals surface area contributed by atoms with Gasteiger partial charge in [0.05, 0.1) is 17.4 Å². The number of carbonyl (C=O) groups excluding carboxylic acids is 2. The second-order valence-corrected chi connectivity index (χ2v) is 8.88. The number of nitrogen functional groups attached to an aromatic ring is 1. The molecule has 13 nitrogen and oxygen atoms in total. The van der Waals surface area contributed by atoms with Gasteiger partial charge in [-0.2, -0.15) is 5.10 Å². The molecule has 41 heavy (non-hydrogen) atoms. The Labute approximate surface area is 229 Å². The number of hydrogen-bond donors (Lipinski definition) is 5. The molecule has 0 fully saturated rings. The Morgan fingerprint density at radius 2 is 1.59 bits per heavy atom. The molecule has 0 saturated carbocycles. The number of carboxylic acid groups (broad SMARTS) is 1. The van der Waals surface area contributed by atoms with Crippen LogP contribution >= 0.6 is 0 Å². The van der Waals surface area contributed by atoms with Crippen LogP contribution in [0.15, 0.2) is 70.4 Å². The van der Waals surface area contributed by atoms with Gasteiger partial charge in [-0.05, 0) is 35.4 Å². The van der Waals surface area contributed by atoms with Gasteiger partial charge >= 0.3 is 5.97 Å². The lowest BCUT2D eigenvalue weighted by molar-refractivity contribution is 0.0696. The van der Waals surface area contributed by atoms with Crippen molar-refractivity contribution in [1.82, 2.24) is 25.2 Å². The first-order chi connectivity index (χ1) is 19.6. The standard InChI is InChI=1S/C27H20FN7O6/c28-16-6-3-14(9-17(16)34-22-21(29)23(36)24(22)37)12-31-26(39)19-10-18(33-20-7-8-32-35(19)20)25(38)30-11-13-1-4-15(5-2-13)27(40)41/h1-10,34H,11-12,29H2,(H,30,38)(H,31,39)(H,40,41). The Morgan fingerprint density at radius 1 is 0.902 bits per heavy atom. The summed E-state index contributed by atoms with van der Waals surface area (Å²) in [6.07, 6.45) is 1.41. The number of aromatic nitrogens is 3. The number of carbonyl (C=O) groups is 3. The van der Waals surface area contributed by atoms with Gasteiger partial charge in [0.25, 0.3) is 22.7 Å². The van der Waals surface area contributed by atoms with Crippen molar-refractivity contribution in [2.24, 2.45) is 0 Å². The van der Waals surface area contributed by atoms with Crippen LogP contribution in [0.5, 0.6) is 0 Å². The minimum atomic E-state index is -1.06. The summed E-state index contributed by atoms with van der Waals surface area (Å²) in [5.74, 6) is -2.94. The van der Waals surface area contributed by atoms with E-state index in [0.717, 1.165) is 6.07 Å². The molecule has 5 aromatic rings. The van der Waals surface area contributed by atoms with Crippen molar-refractivity contribution in [2.75, 3.05) is 11.1 Å². The number of hydrogen-bond acceptors (Lipinski definition) is 9. The van der Waals surface area contributed by atoms with Crippen LogP contribution in [0.2, 0.25) is 0 Å². The smallest absolute Gasteiger partial charge is 0.335 e. The molecule has 2 amide bonds. The Hall–Kier alpha value is -5.92. The average Bonchev–Trinajstić information content (AvgIpc) is 3.46. The zero-order valence-electron chi connectivity index (χ0n) is 21.0. The summed E-state index contributed by atoms with van der Waals surface area (Å²) in [6.45, 7) is 0.0315. The van der Waals surface area contributed by atoms with Gasteiger partial charge in [-0.25, -0.2) is 18.7 Å². The van der Waals surface area contributed by atoms with Crippen LogP contribution in [0.4, 0.5) is 21.5 Å². The fraction of sp³-hybridized carbons (Fsp3) is 0.0741. The Morgan fingerprint density at radius 3 is 2.29 bits per heavy atom. The molecular formula is C27H20FN7O6. The van der Waals surface area contributed by atoms with Crippen molar-refractivity contribution in [1.29, 1.82) is 0 Å². The number of benzene rings is 2. The number of fused-ring (bicyclic) bond motifs is 1. The van der Waals surface area contributed by atoms with E-state index in [1.165, 1.54) is 47.1 Å². The SMILES string of the molecule is Nc1c(Nc2cc(CNC(=O)c3cc(C(=O)NCc4ccc(C(=O)O)cc4)nc4ccnn34)ccc2F)c(=O)c1=O. The van der Waals surface area contributed by atoms with Gasteiger partial charge in [0.2, 0.25) is 0 Å². The summed E-state index contributed by atoms with van der Waals surface area (Å²) in [5.41, 5.74) is 4.64. The van der Waals surface area contributed by atoms with E-state index in [2.05, 4.69) is 26.0 Å². The fourth-order valence-corrected chi connectivity index (χ4v) is 3.95.